The summed E-state index contributed by atoms with van der Waals surface area (Å²) in [6.07, 6.45) is 0.732. The SMILES string of the molecule is C=C(C)C[C@H](NC(=O)[C@@H](NC(=O)OCc1ccccc1)C(C)C)C(=O)N[C@H](C=O)C[C@@H]1CCNC1=O.S.S.S.S. The summed E-state index contributed by atoms with van der Waals surface area (Å²) >= 11 is 0. The van der Waals surface area contributed by atoms with Crippen molar-refractivity contribution in [2.45, 2.75) is 64.8 Å². The average Bonchev–Trinajstić information content (AvgIpc) is 3.24. The van der Waals surface area contributed by atoms with Crippen LogP contribution in [0, 0.1) is 11.8 Å². The van der Waals surface area contributed by atoms with Gasteiger partial charge in [0, 0.05) is 12.5 Å². The molecule has 228 valence electrons. The number of carbonyl (C=O) groups excluding carboxylic acids is 5. The second-order valence-corrected chi connectivity index (χ2v) is 9.41. The fourth-order valence-electron chi connectivity index (χ4n) is 3.85. The molecule has 0 unspecified atom stereocenters. The summed E-state index contributed by atoms with van der Waals surface area (Å²) in [6, 6.07) is 6.28. The van der Waals surface area contributed by atoms with Crippen LogP contribution in [-0.2, 0) is 30.5 Å². The van der Waals surface area contributed by atoms with Crippen molar-refractivity contribution in [2.75, 3.05) is 6.54 Å². The standard InChI is InChI=1S/C26H36N4O6.4H2S/c1-16(2)12-21(24(33)28-20(14-31)13-19-10-11-27-23(19)32)29-25(34)22(17(3)4)30-26(35)36-15-18-8-6-5-7-9-18;;;;/h5-9,14,17,19-22H,1,10-13,15H2,2-4H3,(H,27,32)(H,28,33)(H,29,34)(H,30,35);4*1H2/t19-,20-,21-,22-;;;;/m0..../s1. The Kier molecular flexibility index (Phi) is 22.6. The molecule has 0 radical (unpaired) electrons. The van der Waals surface area contributed by atoms with Gasteiger partial charge in [0.2, 0.25) is 17.7 Å². The van der Waals surface area contributed by atoms with Crippen LogP contribution in [0.2, 0.25) is 0 Å². The molecular formula is C26H44N4O6S4. The number of ether oxygens (including phenoxy) is 1. The largest absolute Gasteiger partial charge is 0.445 e. The number of aldehydes is 1. The van der Waals surface area contributed by atoms with Gasteiger partial charge in [-0.15, -0.1) is 6.58 Å². The maximum absolute atomic E-state index is 13.1. The van der Waals surface area contributed by atoms with Crippen LogP contribution in [0.1, 0.15) is 45.6 Å². The van der Waals surface area contributed by atoms with Crippen molar-refractivity contribution >= 4 is 84.1 Å². The van der Waals surface area contributed by atoms with Gasteiger partial charge in [-0.05, 0) is 37.7 Å². The minimum atomic E-state index is -1.02. The fourth-order valence-corrected chi connectivity index (χ4v) is 3.85. The molecule has 0 spiro atoms. The molecule has 1 aromatic rings. The van der Waals surface area contributed by atoms with Crippen molar-refractivity contribution < 1.29 is 28.7 Å². The highest BCUT2D eigenvalue weighted by molar-refractivity contribution is 7.59. The zero-order valence-corrected chi connectivity index (χ0v) is 27.0. The zero-order valence-electron chi connectivity index (χ0n) is 23.0. The third-order valence-electron chi connectivity index (χ3n) is 5.81. The summed E-state index contributed by atoms with van der Waals surface area (Å²) in [7, 11) is 0. The molecule has 4 amide bonds. The Bertz CT molecular complexity index is 968. The molecule has 1 saturated heterocycles. The molecule has 40 heavy (non-hydrogen) atoms. The van der Waals surface area contributed by atoms with Crippen LogP contribution in [0.15, 0.2) is 42.5 Å². The van der Waals surface area contributed by atoms with Crippen LogP contribution in [0.5, 0.6) is 0 Å². The fraction of sp³-hybridized carbons (Fsp3) is 0.500. The van der Waals surface area contributed by atoms with Gasteiger partial charge in [-0.25, -0.2) is 4.79 Å². The van der Waals surface area contributed by atoms with Crippen molar-refractivity contribution in [3.63, 3.8) is 0 Å². The molecule has 0 aliphatic carbocycles. The highest BCUT2D eigenvalue weighted by Gasteiger charge is 2.32. The summed E-state index contributed by atoms with van der Waals surface area (Å²) < 4.78 is 5.22. The Morgan fingerprint density at radius 2 is 1.68 bits per heavy atom. The van der Waals surface area contributed by atoms with E-state index in [2.05, 4.69) is 27.8 Å². The molecule has 0 saturated carbocycles. The molecule has 1 fully saturated rings. The molecule has 1 heterocycles. The minimum absolute atomic E-state index is 0. The lowest BCUT2D eigenvalue weighted by Crippen LogP contribution is -2.56. The summed E-state index contributed by atoms with van der Waals surface area (Å²) in [5.41, 5.74) is 1.45. The van der Waals surface area contributed by atoms with Crippen molar-refractivity contribution in [2.24, 2.45) is 11.8 Å². The molecule has 4 atom stereocenters. The van der Waals surface area contributed by atoms with Crippen LogP contribution in [0.25, 0.3) is 0 Å². The third-order valence-corrected chi connectivity index (χ3v) is 5.81. The highest BCUT2D eigenvalue weighted by Crippen LogP contribution is 2.16. The summed E-state index contributed by atoms with van der Waals surface area (Å²) in [5.74, 6) is -1.94. The quantitative estimate of drug-likeness (QED) is 0.193. The number of hydrogen-bond donors (Lipinski definition) is 4. The molecular weight excluding hydrogens is 593 g/mol. The first-order valence-electron chi connectivity index (χ1n) is 12.1. The maximum Gasteiger partial charge on any atom is 0.408 e. The molecule has 1 aliphatic rings. The van der Waals surface area contributed by atoms with E-state index in [-0.39, 0.29) is 91.2 Å². The van der Waals surface area contributed by atoms with Gasteiger partial charge in [-0.3, -0.25) is 14.4 Å². The Labute approximate surface area is 264 Å². The van der Waals surface area contributed by atoms with Gasteiger partial charge in [-0.2, -0.15) is 54.0 Å². The van der Waals surface area contributed by atoms with Gasteiger partial charge >= 0.3 is 6.09 Å². The zero-order chi connectivity index (χ0) is 26.7. The molecule has 4 N–H and O–H groups in total. The van der Waals surface area contributed by atoms with Crippen molar-refractivity contribution in [3.05, 3.63) is 48.0 Å². The monoisotopic (exact) mass is 636 g/mol. The third kappa shape index (κ3) is 14.4. The summed E-state index contributed by atoms with van der Waals surface area (Å²) in [5, 5.41) is 10.5. The number of rotatable bonds is 13. The maximum atomic E-state index is 13.1. The van der Waals surface area contributed by atoms with E-state index in [1.54, 1.807) is 20.8 Å². The Morgan fingerprint density at radius 1 is 1.05 bits per heavy atom. The number of nitrogens with one attached hydrogen (secondary N) is 4. The second kappa shape index (κ2) is 21.5. The van der Waals surface area contributed by atoms with Gasteiger partial charge in [0.15, 0.2) is 0 Å². The molecule has 1 aromatic carbocycles. The first kappa shape index (κ1) is 42.2. The summed E-state index contributed by atoms with van der Waals surface area (Å²) in [6.45, 7) is 9.62. The van der Waals surface area contributed by atoms with E-state index in [4.69, 9.17) is 4.74 Å². The van der Waals surface area contributed by atoms with Gasteiger partial charge in [0.1, 0.15) is 25.0 Å². The Balaban J connectivity index is -0.00000342. The van der Waals surface area contributed by atoms with Crippen LogP contribution in [0.3, 0.4) is 0 Å². The number of benzene rings is 1. The lowest BCUT2D eigenvalue weighted by Gasteiger charge is -2.26. The smallest absolute Gasteiger partial charge is 0.408 e. The normalized spacial score (nSPS) is 15.6. The molecule has 14 heteroatoms. The van der Waals surface area contributed by atoms with Crippen molar-refractivity contribution in [3.8, 4) is 0 Å². The van der Waals surface area contributed by atoms with Gasteiger partial charge in [0.05, 0.1) is 6.04 Å². The molecule has 10 nitrogen and oxygen atoms in total. The van der Waals surface area contributed by atoms with Crippen LogP contribution >= 0.6 is 54.0 Å². The van der Waals surface area contributed by atoms with Gasteiger partial charge < -0.3 is 30.8 Å². The highest BCUT2D eigenvalue weighted by atomic mass is 32.1. The molecule has 2 rings (SSSR count). The minimum Gasteiger partial charge on any atom is -0.445 e. The van der Waals surface area contributed by atoms with Gasteiger partial charge in [0.25, 0.3) is 0 Å². The number of alkyl carbamates (subject to hydrolysis) is 1. The van der Waals surface area contributed by atoms with Crippen LogP contribution in [0.4, 0.5) is 4.79 Å². The van der Waals surface area contributed by atoms with E-state index in [1.807, 2.05) is 30.3 Å². The molecule has 0 aromatic heterocycles. The number of amides is 4. The van der Waals surface area contributed by atoms with Gasteiger partial charge in [-0.1, -0.05) is 49.8 Å². The summed E-state index contributed by atoms with van der Waals surface area (Å²) in [4.78, 5) is 61.8. The predicted octanol–water partition coefficient (Wildman–Crippen LogP) is 2.05. The molecule has 1 aliphatic heterocycles. The lowest BCUT2D eigenvalue weighted by atomic mass is 9.98. The Morgan fingerprint density at radius 3 is 2.17 bits per heavy atom. The second-order valence-electron chi connectivity index (χ2n) is 9.41. The van der Waals surface area contributed by atoms with E-state index in [0.29, 0.717) is 24.8 Å². The first-order chi connectivity index (χ1) is 17.1. The van der Waals surface area contributed by atoms with Crippen molar-refractivity contribution in [1.29, 1.82) is 0 Å². The topological polar surface area (TPSA) is 143 Å². The van der Waals surface area contributed by atoms with Crippen LogP contribution in [-0.4, -0.2) is 54.8 Å². The van der Waals surface area contributed by atoms with E-state index in [1.165, 1.54) is 0 Å². The number of carbonyl (C=O) groups is 5. The van der Waals surface area contributed by atoms with E-state index in [9.17, 15) is 24.0 Å². The van der Waals surface area contributed by atoms with Crippen molar-refractivity contribution in [1.82, 2.24) is 21.3 Å². The van der Waals surface area contributed by atoms with Crippen LogP contribution < -0.4 is 21.3 Å². The predicted molar refractivity (Wildman–Crippen MR) is 175 cm³/mol. The Hall–Kier alpha value is -2.29. The number of hydrogen-bond acceptors (Lipinski definition) is 6. The first-order valence-corrected chi connectivity index (χ1v) is 12.1. The van der Waals surface area contributed by atoms with E-state index >= 15 is 0 Å². The average molecular weight is 637 g/mol. The van der Waals surface area contributed by atoms with E-state index < -0.39 is 36.0 Å². The lowest BCUT2D eigenvalue weighted by molar-refractivity contribution is -0.131. The van der Waals surface area contributed by atoms with E-state index in [0.717, 1.165) is 5.56 Å². The molecule has 0 bridgehead atoms.